The Labute approximate surface area is 153 Å². The van der Waals surface area contributed by atoms with Gasteiger partial charge in [-0.2, -0.15) is 9.36 Å². The van der Waals surface area contributed by atoms with Gasteiger partial charge in [-0.3, -0.25) is 5.32 Å². The van der Waals surface area contributed by atoms with E-state index in [0.29, 0.717) is 35.0 Å². The Bertz CT molecular complexity index is 898. The largest absolute Gasteiger partial charge is 0.327 e. The number of urea groups is 1. The number of carbonyl (C=O) groups is 1. The van der Waals surface area contributed by atoms with Crippen molar-refractivity contribution >= 4 is 22.7 Å². The van der Waals surface area contributed by atoms with Crippen molar-refractivity contribution in [2.75, 3.05) is 18.9 Å². The van der Waals surface area contributed by atoms with Crippen LogP contribution in [-0.4, -0.2) is 33.9 Å². The lowest BCUT2D eigenvalue weighted by molar-refractivity contribution is 0.223. The zero-order chi connectivity index (χ0) is 18.5. The molecule has 0 saturated heterocycles. The standard InChI is InChI=1S/C18H16F2N4OS/c1-24(11-10-12-4-2-3-5-15(12)20)18(25)22-17-21-16(23-26-17)13-6-8-14(19)9-7-13/h2-9H,10-11H2,1H3,(H,21,22,23,25). The first kappa shape index (κ1) is 17.9. The van der Waals surface area contributed by atoms with Crippen molar-refractivity contribution in [3.05, 3.63) is 65.7 Å². The number of nitrogens with one attached hydrogen (secondary N) is 1. The molecule has 0 atom stereocenters. The summed E-state index contributed by atoms with van der Waals surface area (Å²) in [6.07, 6.45) is 0.410. The number of aromatic nitrogens is 2. The monoisotopic (exact) mass is 374 g/mol. The molecule has 8 heteroatoms. The fourth-order valence-electron chi connectivity index (χ4n) is 2.27. The molecule has 0 radical (unpaired) electrons. The van der Waals surface area contributed by atoms with Gasteiger partial charge >= 0.3 is 6.03 Å². The van der Waals surface area contributed by atoms with Gasteiger partial charge in [0.2, 0.25) is 5.13 Å². The lowest BCUT2D eigenvalue weighted by Crippen LogP contribution is -2.33. The molecule has 1 N–H and O–H groups in total. The van der Waals surface area contributed by atoms with Crippen LogP contribution in [0.15, 0.2) is 48.5 Å². The highest BCUT2D eigenvalue weighted by Gasteiger charge is 2.13. The van der Waals surface area contributed by atoms with E-state index in [1.54, 1.807) is 37.4 Å². The number of anilines is 1. The molecule has 134 valence electrons. The van der Waals surface area contributed by atoms with E-state index in [1.165, 1.54) is 23.1 Å². The Morgan fingerprint density at radius 2 is 1.88 bits per heavy atom. The lowest BCUT2D eigenvalue weighted by atomic mass is 10.1. The Morgan fingerprint density at radius 3 is 2.62 bits per heavy atom. The van der Waals surface area contributed by atoms with Gasteiger partial charge in [0.25, 0.3) is 0 Å². The van der Waals surface area contributed by atoms with Crippen LogP contribution in [0.3, 0.4) is 0 Å². The third kappa shape index (κ3) is 4.40. The molecule has 1 heterocycles. The van der Waals surface area contributed by atoms with E-state index in [-0.39, 0.29) is 17.7 Å². The predicted octanol–water partition coefficient (Wildman–Crippen LogP) is 4.19. The van der Waals surface area contributed by atoms with Gasteiger partial charge in [0, 0.05) is 30.7 Å². The van der Waals surface area contributed by atoms with E-state index in [9.17, 15) is 13.6 Å². The van der Waals surface area contributed by atoms with Crippen molar-refractivity contribution in [2.24, 2.45) is 0 Å². The van der Waals surface area contributed by atoms with Crippen LogP contribution in [0.4, 0.5) is 18.7 Å². The van der Waals surface area contributed by atoms with E-state index in [1.807, 2.05) is 0 Å². The van der Waals surface area contributed by atoms with Gasteiger partial charge in [0.05, 0.1) is 0 Å². The molecule has 0 unspecified atom stereocenters. The molecule has 0 aliphatic carbocycles. The first-order valence-electron chi connectivity index (χ1n) is 7.88. The maximum atomic E-state index is 13.6. The Morgan fingerprint density at radius 1 is 1.15 bits per heavy atom. The minimum absolute atomic E-state index is 0.283. The second-order valence-electron chi connectivity index (χ2n) is 5.62. The van der Waals surface area contributed by atoms with Crippen molar-refractivity contribution in [2.45, 2.75) is 6.42 Å². The van der Waals surface area contributed by atoms with Crippen LogP contribution in [0.2, 0.25) is 0 Å². The van der Waals surface area contributed by atoms with Crippen LogP contribution < -0.4 is 5.32 Å². The van der Waals surface area contributed by atoms with Gasteiger partial charge in [0.1, 0.15) is 11.6 Å². The lowest BCUT2D eigenvalue weighted by Gasteiger charge is -2.16. The SMILES string of the molecule is CN(CCc1ccccc1F)C(=O)Nc1nc(-c2ccc(F)cc2)ns1. The van der Waals surface area contributed by atoms with Crippen molar-refractivity contribution < 1.29 is 13.6 Å². The Kier molecular flexibility index (Phi) is 5.52. The summed E-state index contributed by atoms with van der Waals surface area (Å²) in [7, 11) is 1.62. The molecule has 0 aliphatic rings. The van der Waals surface area contributed by atoms with Crippen LogP contribution in [0.5, 0.6) is 0 Å². The number of rotatable bonds is 5. The van der Waals surface area contributed by atoms with Crippen LogP contribution in [0.1, 0.15) is 5.56 Å². The zero-order valence-electron chi connectivity index (χ0n) is 13.9. The molecule has 0 fully saturated rings. The summed E-state index contributed by atoms with van der Waals surface area (Å²) < 4.78 is 30.7. The van der Waals surface area contributed by atoms with Crippen molar-refractivity contribution in [3.8, 4) is 11.4 Å². The summed E-state index contributed by atoms with van der Waals surface area (Å²) in [6.45, 7) is 0.358. The summed E-state index contributed by atoms with van der Waals surface area (Å²) in [6, 6.07) is 11.9. The average molecular weight is 374 g/mol. The molecule has 5 nitrogen and oxygen atoms in total. The van der Waals surface area contributed by atoms with Crippen molar-refractivity contribution in [1.29, 1.82) is 0 Å². The number of hydrogen-bond acceptors (Lipinski definition) is 4. The van der Waals surface area contributed by atoms with E-state index >= 15 is 0 Å². The van der Waals surface area contributed by atoms with Crippen molar-refractivity contribution in [1.82, 2.24) is 14.3 Å². The summed E-state index contributed by atoms with van der Waals surface area (Å²) in [4.78, 5) is 17.9. The number of halogens is 2. The molecular weight excluding hydrogens is 358 g/mol. The van der Waals surface area contributed by atoms with Gasteiger partial charge in [-0.15, -0.1) is 0 Å². The average Bonchev–Trinajstić information content (AvgIpc) is 3.09. The van der Waals surface area contributed by atoms with E-state index in [0.717, 1.165) is 11.5 Å². The fraction of sp³-hybridized carbons (Fsp3) is 0.167. The van der Waals surface area contributed by atoms with Crippen LogP contribution >= 0.6 is 11.5 Å². The number of carbonyl (C=O) groups excluding carboxylic acids is 1. The summed E-state index contributed by atoms with van der Waals surface area (Å²) in [5.41, 5.74) is 1.22. The second-order valence-corrected chi connectivity index (χ2v) is 6.37. The van der Waals surface area contributed by atoms with Crippen LogP contribution in [-0.2, 0) is 6.42 Å². The summed E-state index contributed by atoms with van der Waals surface area (Å²) >= 11 is 1.04. The maximum Gasteiger partial charge on any atom is 0.323 e. The molecule has 0 aliphatic heterocycles. The number of likely N-dealkylation sites (N-methyl/N-ethyl adjacent to an activating group) is 1. The van der Waals surface area contributed by atoms with Gasteiger partial charge in [-0.05, 0) is 42.3 Å². The van der Waals surface area contributed by atoms with Gasteiger partial charge in [0.15, 0.2) is 5.82 Å². The van der Waals surface area contributed by atoms with E-state index in [2.05, 4.69) is 14.7 Å². The Balaban J connectivity index is 1.57. The molecule has 0 spiro atoms. The molecule has 2 aromatic carbocycles. The molecular formula is C18H16F2N4OS. The first-order valence-corrected chi connectivity index (χ1v) is 8.65. The quantitative estimate of drug-likeness (QED) is 0.729. The normalized spacial score (nSPS) is 10.6. The molecule has 3 aromatic rings. The number of benzene rings is 2. The molecule has 1 aromatic heterocycles. The predicted molar refractivity (Wildman–Crippen MR) is 97.1 cm³/mol. The number of nitrogens with zero attached hydrogens (tertiary/aromatic N) is 3. The molecule has 2 amide bonds. The highest BCUT2D eigenvalue weighted by molar-refractivity contribution is 7.10. The topological polar surface area (TPSA) is 58.1 Å². The second kappa shape index (κ2) is 8.01. The van der Waals surface area contributed by atoms with Gasteiger partial charge in [-0.25, -0.2) is 13.6 Å². The number of amides is 2. The van der Waals surface area contributed by atoms with Crippen LogP contribution in [0, 0.1) is 11.6 Å². The smallest absolute Gasteiger partial charge is 0.323 e. The minimum Gasteiger partial charge on any atom is -0.327 e. The summed E-state index contributed by atoms with van der Waals surface area (Å²) in [5, 5.41) is 3.00. The maximum absolute atomic E-state index is 13.6. The third-order valence-electron chi connectivity index (χ3n) is 3.76. The highest BCUT2D eigenvalue weighted by Crippen LogP contribution is 2.21. The van der Waals surface area contributed by atoms with Gasteiger partial charge in [-0.1, -0.05) is 18.2 Å². The Hall–Kier alpha value is -2.87. The van der Waals surface area contributed by atoms with Gasteiger partial charge < -0.3 is 4.90 Å². The third-order valence-corrected chi connectivity index (χ3v) is 4.39. The molecule has 3 rings (SSSR count). The number of hydrogen-bond donors (Lipinski definition) is 1. The fourth-order valence-corrected chi connectivity index (χ4v) is 2.85. The zero-order valence-corrected chi connectivity index (χ0v) is 14.8. The summed E-state index contributed by atoms with van der Waals surface area (Å²) in [5.74, 6) is -0.206. The molecule has 0 bridgehead atoms. The van der Waals surface area contributed by atoms with Crippen molar-refractivity contribution in [3.63, 3.8) is 0 Å². The minimum atomic E-state index is -0.358. The van der Waals surface area contributed by atoms with Crippen LogP contribution in [0.25, 0.3) is 11.4 Å². The molecule has 0 saturated carbocycles. The highest BCUT2D eigenvalue weighted by atomic mass is 32.1. The van der Waals surface area contributed by atoms with E-state index in [4.69, 9.17) is 0 Å². The van der Waals surface area contributed by atoms with E-state index < -0.39 is 0 Å². The molecule has 26 heavy (non-hydrogen) atoms. The first-order chi connectivity index (χ1) is 12.5.